The number of nitrogens with zero attached hydrogens (tertiary/aromatic N) is 1. The molecule has 1 aromatic carbocycles. The maximum atomic E-state index is 12.4. The van der Waals surface area contributed by atoms with E-state index in [0.29, 0.717) is 0 Å². The second-order valence-corrected chi connectivity index (χ2v) is 7.70. The van der Waals surface area contributed by atoms with Crippen LogP contribution in [0.3, 0.4) is 0 Å². The molecule has 0 aromatic heterocycles. The Morgan fingerprint density at radius 3 is 2.67 bits per heavy atom. The molecule has 2 rings (SSSR count). The number of hydrogen-bond acceptors (Lipinski definition) is 4. The molecule has 24 heavy (non-hydrogen) atoms. The summed E-state index contributed by atoms with van der Waals surface area (Å²) in [5, 5.41) is 2.50. The average molecular weight is 366 g/mol. The third-order valence-corrected chi connectivity index (χ3v) is 5.35. The number of sulfone groups is 1. The van der Waals surface area contributed by atoms with Crippen molar-refractivity contribution in [1.29, 1.82) is 0 Å². The Bertz CT molecular complexity index is 706. The van der Waals surface area contributed by atoms with Crippen LogP contribution < -0.4 is 10.1 Å². The quantitative estimate of drug-likeness (QED) is 0.887. The highest BCUT2D eigenvalue weighted by atomic mass is 32.2. The van der Waals surface area contributed by atoms with E-state index in [9.17, 15) is 26.4 Å². The number of carbonyl (C=O) groups excluding carboxylic acids is 1. The summed E-state index contributed by atoms with van der Waals surface area (Å²) in [5.41, 5.74) is 0.167. The third kappa shape index (κ3) is 5.02. The molecular weight excluding hydrogens is 349 g/mol. The van der Waals surface area contributed by atoms with Crippen LogP contribution in [0.1, 0.15) is 12.5 Å². The van der Waals surface area contributed by atoms with Gasteiger partial charge in [-0.15, -0.1) is 13.2 Å². The topological polar surface area (TPSA) is 75.7 Å². The van der Waals surface area contributed by atoms with Crippen molar-refractivity contribution in [3.8, 4) is 5.75 Å². The van der Waals surface area contributed by atoms with Crippen LogP contribution in [0.4, 0.5) is 18.0 Å². The van der Waals surface area contributed by atoms with Gasteiger partial charge in [0.05, 0.1) is 11.5 Å². The van der Waals surface area contributed by atoms with Crippen molar-refractivity contribution in [2.45, 2.75) is 25.9 Å². The molecule has 1 atom stereocenters. The summed E-state index contributed by atoms with van der Waals surface area (Å²) in [6.07, 6.45) is -4.82. The molecule has 0 radical (unpaired) electrons. The van der Waals surface area contributed by atoms with Gasteiger partial charge in [-0.25, -0.2) is 13.2 Å². The molecule has 1 fully saturated rings. The Morgan fingerprint density at radius 2 is 2.04 bits per heavy atom. The van der Waals surface area contributed by atoms with Crippen molar-refractivity contribution >= 4 is 15.9 Å². The Hall–Kier alpha value is -1.97. The first-order valence-corrected chi connectivity index (χ1v) is 8.98. The molecular formula is C14H17F3N2O4S. The largest absolute Gasteiger partial charge is 0.573 e. The molecule has 0 saturated carbocycles. The minimum absolute atomic E-state index is 0.0516. The number of urea groups is 1. The fourth-order valence-corrected chi connectivity index (χ4v) is 4.00. The number of halogens is 3. The van der Waals surface area contributed by atoms with Crippen LogP contribution in [0.2, 0.25) is 0 Å². The van der Waals surface area contributed by atoms with Crippen LogP contribution in [0, 0.1) is 0 Å². The van der Waals surface area contributed by atoms with Crippen LogP contribution in [-0.2, 0) is 16.4 Å². The summed E-state index contributed by atoms with van der Waals surface area (Å²) in [6, 6.07) is 4.46. The number of carbonyl (C=O) groups is 1. The fourth-order valence-electron chi connectivity index (χ4n) is 2.45. The summed E-state index contributed by atoms with van der Waals surface area (Å²) >= 11 is 0. The van der Waals surface area contributed by atoms with Crippen LogP contribution in [-0.4, -0.2) is 49.8 Å². The maximum absolute atomic E-state index is 12.4. The van der Waals surface area contributed by atoms with E-state index in [2.05, 4.69) is 10.1 Å². The highest BCUT2D eigenvalue weighted by Crippen LogP contribution is 2.26. The molecule has 0 bridgehead atoms. The Labute approximate surface area is 137 Å². The third-order valence-electron chi connectivity index (χ3n) is 3.56. The van der Waals surface area contributed by atoms with E-state index in [-0.39, 0.29) is 35.9 Å². The predicted octanol–water partition coefficient (Wildman–Crippen LogP) is 1.91. The summed E-state index contributed by atoms with van der Waals surface area (Å²) in [6.45, 7) is 1.49. The first kappa shape index (κ1) is 18.4. The molecule has 1 aromatic rings. The predicted molar refractivity (Wildman–Crippen MR) is 80.2 cm³/mol. The molecule has 1 aliphatic heterocycles. The van der Waals surface area contributed by atoms with Gasteiger partial charge in [0.2, 0.25) is 0 Å². The molecule has 134 valence electrons. The lowest BCUT2D eigenvalue weighted by Gasteiger charge is -2.33. The second kappa shape index (κ2) is 6.88. The van der Waals surface area contributed by atoms with Gasteiger partial charge in [-0.3, -0.25) is 0 Å². The van der Waals surface area contributed by atoms with Gasteiger partial charge in [0.15, 0.2) is 9.84 Å². The fraction of sp³-hybridized carbons (Fsp3) is 0.500. The molecule has 1 aliphatic rings. The Morgan fingerprint density at radius 1 is 1.38 bits per heavy atom. The van der Waals surface area contributed by atoms with Crippen LogP contribution in [0.25, 0.3) is 0 Å². The monoisotopic (exact) mass is 366 g/mol. The van der Waals surface area contributed by atoms with E-state index < -0.39 is 28.3 Å². The van der Waals surface area contributed by atoms with E-state index >= 15 is 0 Å². The summed E-state index contributed by atoms with van der Waals surface area (Å²) in [5.74, 6) is -0.647. The highest BCUT2D eigenvalue weighted by Gasteiger charge is 2.33. The number of para-hydroxylation sites is 1. The lowest BCUT2D eigenvalue weighted by atomic mass is 10.2. The van der Waals surface area contributed by atoms with Crippen LogP contribution in [0.15, 0.2) is 24.3 Å². The molecule has 1 unspecified atom stereocenters. The number of benzene rings is 1. The highest BCUT2D eigenvalue weighted by molar-refractivity contribution is 7.91. The first-order valence-electron chi connectivity index (χ1n) is 7.16. The number of rotatable bonds is 3. The van der Waals surface area contributed by atoms with Crippen molar-refractivity contribution in [2.24, 2.45) is 0 Å². The summed E-state index contributed by atoms with van der Waals surface area (Å²) < 4.78 is 64.0. The molecule has 10 heteroatoms. The Kier molecular flexibility index (Phi) is 5.26. The van der Waals surface area contributed by atoms with Crippen molar-refractivity contribution in [2.75, 3.05) is 18.1 Å². The van der Waals surface area contributed by atoms with Gasteiger partial charge in [-0.2, -0.15) is 0 Å². The molecule has 6 nitrogen and oxygen atoms in total. The molecule has 1 saturated heterocycles. The van der Waals surface area contributed by atoms with E-state index in [0.717, 1.165) is 6.07 Å². The zero-order chi connectivity index (χ0) is 18.0. The average Bonchev–Trinajstić information content (AvgIpc) is 2.43. The normalized spacial score (nSPS) is 20.5. The number of alkyl halides is 3. The van der Waals surface area contributed by atoms with Gasteiger partial charge in [0, 0.05) is 24.7 Å². The minimum atomic E-state index is -4.82. The zero-order valence-electron chi connectivity index (χ0n) is 12.8. The van der Waals surface area contributed by atoms with Gasteiger partial charge in [-0.05, 0) is 13.0 Å². The van der Waals surface area contributed by atoms with Crippen molar-refractivity contribution in [1.82, 2.24) is 10.2 Å². The maximum Gasteiger partial charge on any atom is 0.573 e. The number of ether oxygens (including phenoxy) is 1. The standard InChI is InChI=1S/C14H17F3N2O4S/c1-10-9-24(21,22)7-6-19(10)13(20)18-8-11-4-2-3-5-12(11)23-14(15,16)17/h2-5,10H,6-9H2,1H3,(H,18,20). The molecule has 1 heterocycles. The van der Waals surface area contributed by atoms with Crippen LogP contribution in [0.5, 0.6) is 5.75 Å². The number of nitrogens with one attached hydrogen (secondary N) is 1. The lowest BCUT2D eigenvalue weighted by Crippen LogP contribution is -2.53. The van der Waals surface area contributed by atoms with Crippen molar-refractivity contribution < 1.29 is 31.1 Å². The molecule has 0 aliphatic carbocycles. The van der Waals surface area contributed by atoms with Gasteiger partial charge in [-0.1, -0.05) is 18.2 Å². The summed E-state index contributed by atoms with van der Waals surface area (Å²) in [7, 11) is -3.16. The molecule has 1 N–H and O–H groups in total. The van der Waals surface area contributed by atoms with Crippen molar-refractivity contribution in [3.05, 3.63) is 29.8 Å². The smallest absolute Gasteiger partial charge is 0.405 e. The zero-order valence-corrected chi connectivity index (χ0v) is 13.7. The van der Waals surface area contributed by atoms with E-state index in [1.807, 2.05) is 0 Å². The van der Waals surface area contributed by atoms with Crippen molar-refractivity contribution in [3.63, 3.8) is 0 Å². The second-order valence-electron chi connectivity index (χ2n) is 5.47. The molecule has 2 amide bonds. The summed E-state index contributed by atoms with van der Waals surface area (Å²) in [4.78, 5) is 13.5. The Balaban J connectivity index is 2.00. The lowest BCUT2D eigenvalue weighted by molar-refractivity contribution is -0.274. The van der Waals surface area contributed by atoms with Gasteiger partial charge >= 0.3 is 12.4 Å². The van der Waals surface area contributed by atoms with Gasteiger partial charge < -0.3 is 15.0 Å². The van der Waals surface area contributed by atoms with Gasteiger partial charge in [0.1, 0.15) is 5.75 Å². The number of amides is 2. The van der Waals surface area contributed by atoms with E-state index in [1.165, 1.54) is 23.1 Å². The SMILES string of the molecule is CC1CS(=O)(=O)CCN1C(=O)NCc1ccccc1OC(F)(F)F. The van der Waals surface area contributed by atoms with E-state index in [1.54, 1.807) is 6.92 Å². The van der Waals surface area contributed by atoms with Gasteiger partial charge in [0.25, 0.3) is 0 Å². The van der Waals surface area contributed by atoms with E-state index in [4.69, 9.17) is 0 Å². The molecule has 0 spiro atoms. The minimum Gasteiger partial charge on any atom is -0.405 e. The van der Waals surface area contributed by atoms with Crippen LogP contribution >= 0.6 is 0 Å². The first-order chi connectivity index (χ1) is 11.1. The number of hydrogen-bond donors (Lipinski definition) is 1.